The maximum absolute atomic E-state index is 13.1. The van der Waals surface area contributed by atoms with Gasteiger partial charge in [0.05, 0.1) is 31.1 Å². The molecule has 0 unspecified atom stereocenters. The Morgan fingerprint density at radius 2 is 1.85 bits per heavy atom. The summed E-state index contributed by atoms with van der Waals surface area (Å²) < 4.78 is 45.3. The van der Waals surface area contributed by atoms with Crippen molar-refractivity contribution in [2.45, 2.75) is 23.9 Å². The summed E-state index contributed by atoms with van der Waals surface area (Å²) in [4.78, 5) is 31.6. The molecule has 4 rings (SSSR count). The zero-order valence-electron chi connectivity index (χ0n) is 18.1. The number of ether oxygens (including phenoxy) is 1. The Morgan fingerprint density at radius 3 is 2.50 bits per heavy atom. The third-order valence-electron chi connectivity index (χ3n) is 5.37. The molecule has 8 nitrogen and oxygen atoms in total. The Morgan fingerprint density at radius 1 is 1.18 bits per heavy atom. The zero-order chi connectivity index (χ0) is 24.5. The molecule has 34 heavy (non-hydrogen) atoms. The van der Waals surface area contributed by atoms with Crippen LogP contribution in [0.5, 0.6) is 5.88 Å². The first-order valence-electron chi connectivity index (χ1n) is 10.3. The maximum Gasteiger partial charge on any atom is 0.446 e. The van der Waals surface area contributed by atoms with E-state index in [0.29, 0.717) is 31.9 Å². The van der Waals surface area contributed by atoms with Gasteiger partial charge in [-0.25, -0.2) is 9.36 Å². The second-order valence-corrected chi connectivity index (χ2v) is 8.75. The molecule has 2 aromatic heterocycles. The number of nitrogens with zero attached hydrogens (tertiary/aromatic N) is 4. The van der Waals surface area contributed by atoms with Crippen molar-refractivity contribution < 1.29 is 27.8 Å². The molecule has 0 radical (unpaired) electrons. The minimum Gasteiger partial charge on any atom is -0.493 e. The van der Waals surface area contributed by atoms with Gasteiger partial charge in [-0.05, 0) is 60.6 Å². The van der Waals surface area contributed by atoms with Crippen molar-refractivity contribution in [3.8, 4) is 11.6 Å². The number of aromatic nitrogens is 3. The number of hydrogen-bond acceptors (Lipinski definition) is 6. The van der Waals surface area contributed by atoms with Crippen LogP contribution in [0.2, 0.25) is 0 Å². The number of hydrogen-bond donors (Lipinski definition) is 1. The summed E-state index contributed by atoms with van der Waals surface area (Å²) in [6, 6.07) is 8.41. The molecule has 1 aliphatic heterocycles. The van der Waals surface area contributed by atoms with E-state index in [1.54, 1.807) is 24.0 Å². The van der Waals surface area contributed by atoms with Crippen LogP contribution >= 0.6 is 11.8 Å². The SMILES string of the molecule is Cc1c(O)n(-c2ccc(SC(F)(F)F)cc2)c(=O)n1Cc1ccnc(C(=O)N2CCOCC2)c1. The molecule has 0 bridgehead atoms. The van der Waals surface area contributed by atoms with Gasteiger partial charge in [-0.3, -0.25) is 14.3 Å². The fourth-order valence-corrected chi connectivity index (χ4v) is 4.19. The first kappa shape index (κ1) is 23.9. The highest BCUT2D eigenvalue weighted by atomic mass is 32.2. The lowest BCUT2D eigenvalue weighted by molar-refractivity contribution is -0.0328. The molecule has 3 heterocycles. The summed E-state index contributed by atoms with van der Waals surface area (Å²) in [6.45, 7) is 3.49. The van der Waals surface area contributed by atoms with Crippen LogP contribution in [0.1, 0.15) is 21.7 Å². The molecule has 1 fully saturated rings. The minimum absolute atomic E-state index is 0.0332. The lowest BCUT2D eigenvalue weighted by atomic mass is 10.2. The van der Waals surface area contributed by atoms with E-state index in [1.807, 2.05) is 0 Å². The van der Waals surface area contributed by atoms with Gasteiger partial charge in [0.2, 0.25) is 5.88 Å². The standard InChI is InChI=1S/C22H21F3N4O4S/c1-14-19(30)29(16-2-4-17(5-3-16)34-22(23,24)25)21(32)28(14)13-15-6-7-26-18(12-15)20(31)27-8-10-33-11-9-27/h2-7,12,30H,8-11,13H2,1H3. The first-order chi connectivity index (χ1) is 16.1. The van der Waals surface area contributed by atoms with Crippen LogP contribution in [0.15, 0.2) is 52.3 Å². The van der Waals surface area contributed by atoms with E-state index in [2.05, 4.69) is 4.98 Å². The van der Waals surface area contributed by atoms with Gasteiger partial charge in [-0.2, -0.15) is 13.2 Å². The summed E-state index contributed by atoms with van der Waals surface area (Å²) in [5.74, 6) is -0.550. The molecule has 0 atom stereocenters. The predicted molar refractivity (Wildman–Crippen MR) is 118 cm³/mol. The molecular weight excluding hydrogens is 473 g/mol. The van der Waals surface area contributed by atoms with Crippen molar-refractivity contribution in [2.24, 2.45) is 0 Å². The molecule has 3 aromatic rings. The normalized spacial score (nSPS) is 14.4. The van der Waals surface area contributed by atoms with Crippen molar-refractivity contribution >= 4 is 17.7 Å². The molecule has 1 amide bonds. The molecule has 0 spiro atoms. The highest BCUT2D eigenvalue weighted by Gasteiger charge is 2.29. The second-order valence-electron chi connectivity index (χ2n) is 7.61. The topological polar surface area (TPSA) is 89.6 Å². The maximum atomic E-state index is 13.1. The number of morpholine rings is 1. The number of thioether (sulfide) groups is 1. The van der Waals surface area contributed by atoms with Crippen molar-refractivity contribution in [3.63, 3.8) is 0 Å². The second kappa shape index (κ2) is 9.55. The molecule has 1 aliphatic rings. The largest absolute Gasteiger partial charge is 0.493 e. The zero-order valence-corrected chi connectivity index (χ0v) is 18.9. The molecule has 1 N–H and O–H groups in total. The highest BCUT2D eigenvalue weighted by Crippen LogP contribution is 2.37. The van der Waals surface area contributed by atoms with Gasteiger partial charge in [-0.15, -0.1) is 0 Å². The van der Waals surface area contributed by atoms with Gasteiger partial charge in [0.15, 0.2) is 0 Å². The van der Waals surface area contributed by atoms with Crippen LogP contribution in [-0.2, 0) is 11.3 Å². The number of carbonyl (C=O) groups is 1. The van der Waals surface area contributed by atoms with Crippen molar-refractivity contribution in [1.29, 1.82) is 0 Å². The molecule has 0 saturated carbocycles. The average molecular weight is 494 g/mol. The van der Waals surface area contributed by atoms with E-state index in [0.717, 1.165) is 4.57 Å². The lowest BCUT2D eigenvalue weighted by Crippen LogP contribution is -2.41. The van der Waals surface area contributed by atoms with Crippen LogP contribution in [0.4, 0.5) is 13.2 Å². The van der Waals surface area contributed by atoms with Gasteiger partial charge in [0, 0.05) is 24.2 Å². The number of imidazole rings is 1. The fraction of sp³-hybridized carbons (Fsp3) is 0.318. The van der Waals surface area contributed by atoms with Gasteiger partial charge < -0.3 is 14.7 Å². The van der Waals surface area contributed by atoms with E-state index in [1.165, 1.54) is 35.0 Å². The Hall–Kier alpha value is -3.25. The number of alkyl halides is 3. The Balaban J connectivity index is 1.59. The molecule has 12 heteroatoms. The third kappa shape index (κ3) is 5.12. The monoisotopic (exact) mass is 494 g/mol. The van der Waals surface area contributed by atoms with E-state index in [9.17, 15) is 27.9 Å². The average Bonchev–Trinajstić information content (AvgIpc) is 3.02. The number of pyridine rings is 1. The highest BCUT2D eigenvalue weighted by molar-refractivity contribution is 8.00. The van der Waals surface area contributed by atoms with Crippen LogP contribution in [-0.4, -0.2) is 61.8 Å². The molecular formula is C22H21F3N4O4S. The van der Waals surface area contributed by atoms with Crippen molar-refractivity contribution in [3.05, 3.63) is 70.0 Å². The van der Waals surface area contributed by atoms with E-state index in [4.69, 9.17) is 4.74 Å². The molecule has 1 saturated heterocycles. The smallest absolute Gasteiger partial charge is 0.446 e. The van der Waals surface area contributed by atoms with Crippen LogP contribution in [0.25, 0.3) is 5.69 Å². The van der Waals surface area contributed by atoms with Crippen molar-refractivity contribution in [2.75, 3.05) is 26.3 Å². The molecule has 180 valence electrons. The third-order valence-corrected chi connectivity index (χ3v) is 6.11. The number of halogens is 3. The van der Waals surface area contributed by atoms with Crippen LogP contribution < -0.4 is 5.69 Å². The Bertz CT molecular complexity index is 1250. The molecule has 0 aliphatic carbocycles. The Labute approximate surface area is 196 Å². The Kier molecular flexibility index (Phi) is 6.71. The summed E-state index contributed by atoms with van der Waals surface area (Å²) >= 11 is -0.262. The van der Waals surface area contributed by atoms with E-state index >= 15 is 0 Å². The van der Waals surface area contributed by atoms with Crippen LogP contribution in [0, 0.1) is 6.92 Å². The number of carbonyl (C=O) groups excluding carboxylic acids is 1. The van der Waals surface area contributed by atoms with Crippen LogP contribution in [0.3, 0.4) is 0 Å². The number of rotatable bonds is 5. The number of amides is 1. The predicted octanol–water partition coefficient (Wildman–Crippen LogP) is 3.18. The van der Waals surface area contributed by atoms with Gasteiger partial charge >= 0.3 is 11.2 Å². The first-order valence-corrected chi connectivity index (χ1v) is 11.1. The number of benzene rings is 1. The minimum atomic E-state index is -4.42. The quantitative estimate of drug-likeness (QED) is 0.548. The summed E-state index contributed by atoms with van der Waals surface area (Å²) in [7, 11) is 0. The van der Waals surface area contributed by atoms with Gasteiger partial charge in [0.25, 0.3) is 5.91 Å². The summed E-state index contributed by atoms with van der Waals surface area (Å²) in [6.07, 6.45) is 1.48. The van der Waals surface area contributed by atoms with Crippen molar-refractivity contribution in [1.82, 2.24) is 19.0 Å². The van der Waals surface area contributed by atoms with Gasteiger partial charge in [0.1, 0.15) is 5.69 Å². The van der Waals surface area contributed by atoms with Gasteiger partial charge in [-0.1, -0.05) is 0 Å². The molecule has 1 aromatic carbocycles. The summed E-state index contributed by atoms with van der Waals surface area (Å²) in [5, 5.41) is 10.6. The van der Waals surface area contributed by atoms with E-state index < -0.39 is 11.2 Å². The lowest BCUT2D eigenvalue weighted by Gasteiger charge is -2.26. The fourth-order valence-electron chi connectivity index (χ4n) is 3.65. The summed E-state index contributed by atoms with van der Waals surface area (Å²) in [5.41, 5.74) is -3.61. The van der Waals surface area contributed by atoms with E-state index in [-0.39, 0.29) is 52.1 Å². The number of aromatic hydroxyl groups is 1.